The van der Waals surface area contributed by atoms with Crippen molar-refractivity contribution in [1.29, 1.82) is 0 Å². The molecule has 1 heterocycles. The summed E-state index contributed by atoms with van der Waals surface area (Å²) in [4.78, 5) is 21.2. The molecular weight excluding hydrogens is 459 g/mol. The van der Waals surface area contributed by atoms with Gasteiger partial charge in [0, 0.05) is 20.4 Å². The van der Waals surface area contributed by atoms with E-state index in [0.29, 0.717) is 16.2 Å². The van der Waals surface area contributed by atoms with Crippen LogP contribution in [0.4, 0.5) is 10.3 Å². The molecule has 0 unspecified atom stereocenters. The fourth-order valence-corrected chi connectivity index (χ4v) is 3.43. The fraction of sp³-hybridized carbons (Fsp3) is 0. The van der Waals surface area contributed by atoms with Gasteiger partial charge in [0.2, 0.25) is 5.95 Å². The number of carbonyl (C=O) groups is 1. The van der Waals surface area contributed by atoms with Crippen molar-refractivity contribution in [3.63, 3.8) is 0 Å². The Morgan fingerprint density at radius 3 is 2.55 bits per heavy atom. The van der Waals surface area contributed by atoms with Gasteiger partial charge in [0.15, 0.2) is 0 Å². The van der Waals surface area contributed by atoms with E-state index in [1.165, 1.54) is 18.2 Å². The summed E-state index contributed by atoms with van der Waals surface area (Å²) in [5.74, 6) is -1.10. The van der Waals surface area contributed by atoms with Crippen molar-refractivity contribution < 1.29 is 9.18 Å². The van der Waals surface area contributed by atoms with E-state index in [1.807, 2.05) is 36.4 Å². The van der Waals surface area contributed by atoms with Crippen LogP contribution >= 0.6 is 27.5 Å². The van der Waals surface area contributed by atoms with E-state index in [1.54, 1.807) is 12.1 Å². The number of halogens is 3. The number of aromatic nitrogens is 2. The van der Waals surface area contributed by atoms with Gasteiger partial charge in [-0.3, -0.25) is 15.6 Å². The van der Waals surface area contributed by atoms with Crippen LogP contribution in [0.5, 0.6) is 0 Å². The molecule has 0 radical (unpaired) electrons. The van der Waals surface area contributed by atoms with Crippen molar-refractivity contribution in [3.8, 4) is 11.3 Å². The minimum Gasteiger partial charge on any atom is -0.267 e. The van der Waals surface area contributed by atoms with Crippen LogP contribution in [0.1, 0.15) is 10.4 Å². The highest BCUT2D eigenvalue weighted by Gasteiger charge is 2.15. The standard InChI is InChI=1S/C21H13BrClFN4O/c22-12-9-10-18-15(11-12)19(13-5-1-3-7-16(13)23)26-21(25-18)28-27-20(29)14-6-2-4-8-17(14)24/h1-11H,(H,27,29)(H,25,26,28). The fourth-order valence-electron chi connectivity index (χ4n) is 2.84. The lowest BCUT2D eigenvalue weighted by atomic mass is 10.1. The normalized spacial score (nSPS) is 10.7. The molecular formula is C21H13BrClFN4O. The van der Waals surface area contributed by atoms with E-state index in [9.17, 15) is 9.18 Å². The van der Waals surface area contributed by atoms with Gasteiger partial charge >= 0.3 is 0 Å². The lowest BCUT2D eigenvalue weighted by molar-refractivity contribution is 0.0958. The molecule has 2 N–H and O–H groups in total. The number of benzene rings is 3. The molecule has 144 valence electrons. The number of nitrogens with one attached hydrogen (secondary N) is 2. The molecule has 5 nitrogen and oxygen atoms in total. The summed E-state index contributed by atoms with van der Waals surface area (Å²) < 4.78 is 14.7. The first-order chi connectivity index (χ1) is 14.0. The molecule has 0 saturated carbocycles. The SMILES string of the molecule is O=C(NNc1nc(-c2ccccc2Cl)c2cc(Br)ccc2n1)c1ccccc1F. The second-order valence-corrected chi connectivity index (χ2v) is 7.42. The molecule has 29 heavy (non-hydrogen) atoms. The van der Waals surface area contributed by atoms with Gasteiger partial charge in [0.25, 0.3) is 5.91 Å². The quantitative estimate of drug-likeness (QED) is 0.380. The molecule has 0 fully saturated rings. The molecule has 0 aliphatic rings. The molecule has 8 heteroatoms. The molecule has 4 aromatic rings. The van der Waals surface area contributed by atoms with Crippen molar-refractivity contribution in [2.45, 2.75) is 0 Å². The van der Waals surface area contributed by atoms with E-state index in [2.05, 4.69) is 36.7 Å². The minimum atomic E-state index is -0.637. The zero-order chi connectivity index (χ0) is 20.4. The molecule has 3 aromatic carbocycles. The summed E-state index contributed by atoms with van der Waals surface area (Å²) in [6.07, 6.45) is 0. The molecule has 0 bridgehead atoms. The molecule has 0 spiro atoms. The van der Waals surface area contributed by atoms with Gasteiger partial charge in [0.1, 0.15) is 5.82 Å². The second-order valence-electron chi connectivity index (χ2n) is 6.10. The van der Waals surface area contributed by atoms with Gasteiger partial charge in [-0.25, -0.2) is 14.4 Å². The third-order valence-corrected chi connectivity index (χ3v) is 5.02. The van der Waals surface area contributed by atoms with E-state index in [-0.39, 0.29) is 11.5 Å². The zero-order valence-electron chi connectivity index (χ0n) is 14.8. The number of hydrogen-bond acceptors (Lipinski definition) is 4. The van der Waals surface area contributed by atoms with Gasteiger partial charge in [0.05, 0.1) is 16.8 Å². The van der Waals surface area contributed by atoms with Crippen molar-refractivity contribution in [2.75, 3.05) is 5.43 Å². The van der Waals surface area contributed by atoms with E-state index < -0.39 is 11.7 Å². The van der Waals surface area contributed by atoms with Crippen LogP contribution in [0.3, 0.4) is 0 Å². The third-order valence-electron chi connectivity index (χ3n) is 4.19. The van der Waals surface area contributed by atoms with Crippen molar-refractivity contribution >= 4 is 50.3 Å². The van der Waals surface area contributed by atoms with Gasteiger partial charge in [-0.1, -0.05) is 57.9 Å². The number of amides is 1. The van der Waals surface area contributed by atoms with Gasteiger partial charge in [-0.05, 0) is 36.4 Å². The Morgan fingerprint density at radius 2 is 1.76 bits per heavy atom. The Labute approximate surface area is 179 Å². The van der Waals surface area contributed by atoms with E-state index >= 15 is 0 Å². The summed E-state index contributed by atoms with van der Waals surface area (Å²) in [6, 6.07) is 18.6. The summed E-state index contributed by atoms with van der Waals surface area (Å²) in [7, 11) is 0. The van der Waals surface area contributed by atoms with Gasteiger partial charge in [-0.2, -0.15) is 0 Å². The zero-order valence-corrected chi connectivity index (χ0v) is 17.1. The van der Waals surface area contributed by atoms with Crippen LogP contribution in [0.25, 0.3) is 22.2 Å². The van der Waals surface area contributed by atoms with Crippen molar-refractivity contribution in [2.24, 2.45) is 0 Å². The highest BCUT2D eigenvalue weighted by Crippen LogP contribution is 2.33. The maximum Gasteiger partial charge on any atom is 0.272 e. The van der Waals surface area contributed by atoms with Crippen molar-refractivity contribution in [1.82, 2.24) is 15.4 Å². The molecule has 0 atom stereocenters. The molecule has 1 amide bonds. The molecule has 0 aliphatic carbocycles. The number of nitrogens with zero attached hydrogens (tertiary/aromatic N) is 2. The van der Waals surface area contributed by atoms with Crippen LogP contribution in [-0.4, -0.2) is 15.9 Å². The monoisotopic (exact) mass is 470 g/mol. The first-order valence-electron chi connectivity index (χ1n) is 8.56. The van der Waals surface area contributed by atoms with Crippen LogP contribution in [-0.2, 0) is 0 Å². The van der Waals surface area contributed by atoms with Crippen LogP contribution in [0.2, 0.25) is 5.02 Å². The second kappa shape index (κ2) is 8.14. The van der Waals surface area contributed by atoms with Crippen molar-refractivity contribution in [3.05, 3.63) is 87.6 Å². The summed E-state index contributed by atoms with van der Waals surface area (Å²) in [5.41, 5.74) is 6.99. The maximum atomic E-state index is 13.8. The first-order valence-corrected chi connectivity index (χ1v) is 9.73. The number of rotatable bonds is 4. The highest BCUT2D eigenvalue weighted by atomic mass is 79.9. The predicted octanol–water partition coefficient (Wildman–Crippen LogP) is 5.61. The van der Waals surface area contributed by atoms with Crippen LogP contribution < -0.4 is 10.9 Å². The van der Waals surface area contributed by atoms with Crippen LogP contribution in [0, 0.1) is 5.82 Å². The Bertz CT molecular complexity index is 1230. The largest absolute Gasteiger partial charge is 0.272 e. The lowest BCUT2D eigenvalue weighted by Gasteiger charge is -2.12. The lowest BCUT2D eigenvalue weighted by Crippen LogP contribution is -2.31. The molecule has 4 rings (SSSR count). The van der Waals surface area contributed by atoms with Gasteiger partial charge in [-0.15, -0.1) is 0 Å². The summed E-state index contributed by atoms with van der Waals surface area (Å²) in [6.45, 7) is 0. The Hall–Kier alpha value is -3.03. The minimum absolute atomic E-state index is 0.0870. The smallest absolute Gasteiger partial charge is 0.267 e. The predicted molar refractivity (Wildman–Crippen MR) is 115 cm³/mol. The van der Waals surface area contributed by atoms with E-state index in [4.69, 9.17) is 11.6 Å². The summed E-state index contributed by atoms with van der Waals surface area (Å²) in [5, 5.41) is 1.33. The topological polar surface area (TPSA) is 66.9 Å². The average Bonchev–Trinajstić information content (AvgIpc) is 2.72. The molecule has 0 saturated heterocycles. The number of carbonyl (C=O) groups excluding carboxylic acids is 1. The third kappa shape index (κ3) is 4.06. The Kier molecular flexibility index (Phi) is 5.42. The maximum absolute atomic E-state index is 13.8. The number of anilines is 1. The number of hydrazine groups is 1. The molecule has 1 aromatic heterocycles. The summed E-state index contributed by atoms with van der Waals surface area (Å²) >= 11 is 9.83. The average molecular weight is 472 g/mol. The molecule has 0 aliphatic heterocycles. The Balaban J connectivity index is 1.72. The number of hydrogen-bond donors (Lipinski definition) is 2. The van der Waals surface area contributed by atoms with Crippen LogP contribution in [0.15, 0.2) is 71.2 Å². The highest BCUT2D eigenvalue weighted by molar-refractivity contribution is 9.10. The number of fused-ring (bicyclic) bond motifs is 1. The van der Waals surface area contributed by atoms with E-state index in [0.717, 1.165) is 15.4 Å². The van der Waals surface area contributed by atoms with Gasteiger partial charge < -0.3 is 0 Å². The first kappa shape index (κ1) is 19.3. The Morgan fingerprint density at radius 1 is 1.00 bits per heavy atom.